The van der Waals surface area contributed by atoms with Crippen LogP contribution in [0.3, 0.4) is 0 Å². The van der Waals surface area contributed by atoms with E-state index in [2.05, 4.69) is 33.2 Å². The van der Waals surface area contributed by atoms with Gasteiger partial charge in [-0.3, -0.25) is 4.79 Å². The number of benzene rings is 1. The topological polar surface area (TPSA) is 58.1 Å². The number of carbonyl (C=O) groups is 1. The van der Waals surface area contributed by atoms with Gasteiger partial charge in [0.15, 0.2) is 0 Å². The number of carbonyl (C=O) groups excluding carboxylic acids is 1. The minimum atomic E-state index is -0.192. The van der Waals surface area contributed by atoms with Crippen molar-refractivity contribution in [1.82, 2.24) is 9.97 Å². The van der Waals surface area contributed by atoms with Crippen molar-refractivity contribution < 1.29 is 4.79 Å². The van der Waals surface area contributed by atoms with E-state index in [0.717, 1.165) is 54.5 Å². The van der Waals surface area contributed by atoms with Gasteiger partial charge >= 0.3 is 0 Å². The Kier molecular flexibility index (Phi) is 5.02. The van der Waals surface area contributed by atoms with E-state index < -0.39 is 0 Å². The van der Waals surface area contributed by atoms with E-state index in [-0.39, 0.29) is 5.91 Å². The van der Waals surface area contributed by atoms with Gasteiger partial charge in [-0.25, -0.2) is 9.97 Å². The summed E-state index contributed by atoms with van der Waals surface area (Å²) in [6.45, 7) is 10.1. The molecule has 0 aliphatic carbocycles. The molecule has 0 atom stereocenters. The van der Waals surface area contributed by atoms with Crippen molar-refractivity contribution in [2.75, 3.05) is 23.3 Å². The molecule has 0 spiro atoms. The fourth-order valence-electron chi connectivity index (χ4n) is 3.31. The van der Waals surface area contributed by atoms with E-state index in [9.17, 15) is 4.79 Å². The average Bonchev–Trinajstić information content (AvgIpc) is 2.54. The fraction of sp³-hybridized carbons (Fsp3) is 0.450. The van der Waals surface area contributed by atoms with Crippen molar-refractivity contribution >= 4 is 17.4 Å². The molecule has 1 N–H and O–H groups in total. The SMILES string of the molecule is Cc1cc(C)cc(NC(=O)c2cc(N3CCC(C)CC3)nc(C)n2)c1. The zero-order valence-corrected chi connectivity index (χ0v) is 15.5. The van der Waals surface area contributed by atoms with Crippen LogP contribution in [0.5, 0.6) is 0 Å². The predicted molar refractivity (Wildman–Crippen MR) is 101 cm³/mol. The molecular formula is C20H26N4O. The first-order chi connectivity index (χ1) is 11.9. The Bertz CT molecular complexity index is 759. The largest absolute Gasteiger partial charge is 0.356 e. The lowest BCUT2D eigenvalue weighted by Gasteiger charge is -2.31. The molecular weight excluding hydrogens is 312 g/mol. The van der Waals surface area contributed by atoms with Crippen LogP contribution in [-0.4, -0.2) is 29.0 Å². The summed E-state index contributed by atoms with van der Waals surface area (Å²) < 4.78 is 0. The molecule has 2 heterocycles. The molecule has 0 bridgehead atoms. The normalized spacial score (nSPS) is 15.3. The van der Waals surface area contributed by atoms with Crippen LogP contribution in [0.1, 0.15) is 47.2 Å². The van der Waals surface area contributed by atoms with Crippen LogP contribution in [0.25, 0.3) is 0 Å². The summed E-state index contributed by atoms with van der Waals surface area (Å²) in [5.41, 5.74) is 3.46. The Morgan fingerprint density at radius 2 is 1.68 bits per heavy atom. The lowest BCUT2D eigenvalue weighted by molar-refractivity contribution is 0.102. The van der Waals surface area contributed by atoms with Gasteiger partial charge in [-0.05, 0) is 62.8 Å². The van der Waals surface area contributed by atoms with Crippen LogP contribution < -0.4 is 10.2 Å². The molecule has 5 heteroatoms. The first-order valence-corrected chi connectivity index (χ1v) is 8.91. The first-order valence-electron chi connectivity index (χ1n) is 8.91. The molecule has 0 unspecified atom stereocenters. The van der Waals surface area contributed by atoms with Crippen molar-refractivity contribution in [3.05, 3.63) is 46.9 Å². The number of rotatable bonds is 3. The molecule has 1 aromatic carbocycles. The first kappa shape index (κ1) is 17.4. The van der Waals surface area contributed by atoms with E-state index in [0.29, 0.717) is 11.5 Å². The van der Waals surface area contributed by atoms with Crippen LogP contribution in [0.2, 0.25) is 0 Å². The number of nitrogens with one attached hydrogen (secondary N) is 1. The van der Waals surface area contributed by atoms with E-state index in [1.165, 1.54) is 0 Å². The maximum Gasteiger partial charge on any atom is 0.274 e. The highest BCUT2D eigenvalue weighted by molar-refractivity contribution is 6.03. The molecule has 0 saturated carbocycles. The standard InChI is InChI=1S/C20H26N4O/c1-13-5-7-24(8-6-13)19-12-18(21-16(4)22-19)20(25)23-17-10-14(2)9-15(3)11-17/h9-13H,5-8H2,1-4H3,(H,23,25). The highest BCUT2D eigenvalue weighted by Gasteiger charge is 2.19. The molecule has 1 fully saturated rings. The smallest absolute Gasteiger partial charge is 0.274 e. The molecule has 1 aromatic heterocycles. The molecule has 25 heavy (non-hydrogen) atoms. The molecule has 0 radical (unpaired) electrons. The Morgan fingerprint density at radius 3 is 2.32 bits per heavy atom. The van der Waals surface area contributed by atoms with Crippen molar-refractivity contribution in [3.63, 3.8) is 0 Å². The van der Waals surface area contributed by atoms with Gasteiger partial charge in [0.25, 0.3) is 5.91 Å². The molecule has 132 valence electrons. The highest BCUT2D eigenvalue weighted by Crippen LogP contribution is 2.22. The van der Waals surface area contributed by atoms with Crippen molar-refractivity contribution in [1.29, 1.82) is 0 Å². The predicted octanol–water partition coefficient (Wildman–Crippen LogP) is 3.89. The monoisotopic (exact) mass is 338 g/mol. The van der Waals surface area contributed by atoms with Crippen LogP contribution in [-0.2, 0) is 0 Å². The number of aromatic nitrogens is 2. The lowest BCUT2D eigenvalue weighted by atomic mass is 9.99. The Morgan fingerprint density at radius 1 is 1.04 bits per heavy atom. The van der Waals surface area contributed by atoms with Gasteiger partial charge in [-0.2, -0.15) is 0 Å². The Hall–Kier alpha value is -2.43. The maximum atomic E-state index is 12.7. The fourth-order valence-corrected chi connectivity index (χ4v) is 3.31. The van der Waals surface area contributed by atoms with E-state index in [4.69, 9.17) is 0 Å². The van der Waals surface area contributed by atoms with Crippen LogP contribution >= 0.6 is 0 Å². The van der Waals surface area contributed by atoms with Crippen LogP contribution in [0.4, 0.5) is 11.5 Å². The number of aryl methyl sites for hydroxylation is 3. The second-order valence-corrected chi connectivity index (χ2v) is 7.16. The molecule has 2 aromatic rings. The third kappa shape index (κ3) is 4.35. The molecule has 1 saturated heterocycles. The number of anilines is 2. The third-order valence-electron chi connectivity index (χ3n) is 4.64. The highest BCUT2D eigenvalue weighted by atomic mass is 16.1. The number of hydrogen-bond acceptors (Lipinski definition) is 4. The number of piperidine rings is 1. The van der Waals surface area contributed by atoms with Gasteiger partial charge in [-0.1, -0.05) is 13.0 Å². The van der Waals surface area contributed by atoms with Gasteiger partial charge in [0.2, 0.25) is 0 Å². The summed E-state index contributed by atoms with van der Waals surface area (Å²) in [5, 5.41) is 2.96. The number of nitrogens with zero attached hydrogens (tertiary/aromatic N) is 3. The molecule has 1 aliphatic rings. The van der Waals surface area contributed by atoms with Gasteiger partial charge in [0.05, 0.1) is 0 Å². The van der Waals surface area contributed by atoms with Gasteiger partial charge in [0, 0.05) is 24.8 Å². The van der Waals surface area contributed by atoms with Gasteiger partial charge in [-0.15, -0.1) is 0 Å². The second-order valence-electron chi connectivity index (χ2n) is 7.16. The van der Waals surface area contributed by atoms with Crippen molar-refractivity contribution in [2.24, 2.45) is 5.92 Å². The summed E-state index contributed by atoms with van der Waals surface area (Å²) in [6.07, 6.45) is 2.32. The quantitative estimate of drug-likeness (QED) is 0.922. The van der Waals surface area contributed by atoms with Gasteiger partial charge < -0.3 is 10.2 Å². The maximum absolute atomic E-state index is 12.7. The molecule has 5 nitrogen and oxygen atoms in total. The summed E-state index contributed by atoms with van der Waals surface area (Å²) >= 11 is 0. The summed E-state index contributed by atoms with van der Waals surface area (Å²) in [5.74, 6) is 2.04. The molecule has 1 aliphatic heterocycles. The molecule has 1 amide bonds. The summed E-state index contributed by atoms with van der Waals surface area (Å²) in [7, 11) is 0. The van der Waals surface area contributed by atoms with Crippen molar-refractivity contribution in [3.8, 4) is 0 Å². The van der Waals surface area contributed by atoms with E-state index in [1.807, 2.05) is 32.9 Å². The Labute approximate surface area is 149 Å². The zero-order valence-electron chi connectivity index (χ0n) is 15.5. The van der Waals surface area contributed by atoms with Crippen molar-refractivity contribution in [2.45, 2.75) is 40.5 Å². The van der Waals surface area contributed by atoms with Crippen LogP contribution in [0.15, 0.2) is 24.3 Å². The number of amides is 1. The summed E-state index contributed by atoms with van der Waals surface area (Å²) in [4.78, 5) is 23.8. The Balaban J connectivity index is 1.80. The minimum Gasteiger partial charge on any atom is -0.356 e. The van der Waals surface area contributed by atoms with E-state index in [1.54, 1.807) is 6.07 Å². The van der Waals surface area contributed by atoms with Gasteiger partial charge in [0.1, 0.15) is 17.3 Å². The van der Waals surface area contributed by atoms with E-state index >= 15 is 0 Å². The molecule has 3 rings (SSSR count). The second kappa shape index (κ2) is 7.21. The average molecular weight is 338 g/mol. The lowest BCUT2D eigenvalue weighted by Crippen LogP contribution is -2.34. The number of hydrogen-bond donors (Lipinski definition) is 1. The summed E-state index contributed by atoms with van der Waals surface area (Å²) in [6, 6.07) is 7.82. The minimum absolute atomic E-state index is 0.192. The van der Waals surface area contributed by atoms with Crippen LogP contribution in [0, 0.1) is 26.7 Å². The zero-order chi connectivity index (χ0) is 18.0. The third-order valence-corrected chi connectivity index (χ3v) is 4.64.